The van der Waals surface area contributed by atoms with Crippen molar-refractivity contribution >= 4 is 22.4 Å². The fourth-order valence-corrected chi connectivity index (χ4v) is 4.57. The SMILES string of the molecule is CCC(CC)n1cc2c3c(nc(C)cc31)N(c1ccc(C(F)(F)F)cc1C(F)(F)F)CC2. The lowest BCUT2D eigenvalue weighted by atomic mass is 10.0. The van der Waals surface area contributed by atoms with Gasteiger partial charge in [-0.1, -0.05) is 13.8 Å². The van der Waals surface area contributed by atoms with Crippen molar-refractivity contribution in [2.45, 2.75) is 58.4 Å². The van der Waals surface area contributed by atoms with E-state index in [0.717, 1.165) is 35.4 Å². The van der Waals surface area contributed by atoms with E-state index >= 15 is 0 Å². The Morgan fingerprint density at radius 1 is 1.00 bits per heavy atom. The van der Waals surface area contributed by atoms with Crippen molar-refractivity contribution in [3.05, 3.63) is 52.8 Å². The van der Waals surface area contributed by atoms with Crippen LogP contribution in [0.5, 0.6) is 0 Å². The molecule has 3 nitrogen and oxygen atoms in total. The first-order valence-electron chi connectivity index (χ1n) is 10.5. The highest BCUT2D eigenvalue weighted by atomic mass is 19.4. The van der Waals surface area contributed by atoms with Crippen molar-refractivity contribution in [3.8, 4) is 0 Å². The monoisotopic (exact) mass is 455 g/mol. The minimum Gasteiger partial charge on any atom is -0.344 e. The van der Waals surface area contributed by atoms with Crippen LogP contribution < -0.4 is 4.90 Å². The number of aromatic nitrogens is 2. The molecule has 0 N–H and O–H groups in total. The average molecular weight is 455 g/mol. The summed E-state index contributed by atoms with van der Waals surface area (Å²) in [5.41, 5.74) is -0.435. The molecule has 0 unspecified atom stereocenters. The van der Waals surface area contributed by atoms with Gasteiger partial charge in [0, 0.05) is 29.9 Å². The van der Waals surface area contributed by atoms with Gasteiger partial charge in [-0.05, 0) is 56.0 Å². The first kappa shape index (κ1) is 22.5. The zero-order valence-electron chi connectivity index (χ0n) is 17.9. The molecule has 32 heavy (non-hydrogen) atoms. The summed E-state index contributed by atoms with van der Waals surface area (Å²) in [7, 11) is 0. The highest BCUT2D eigenvalue weighted by Crippen LogP contribution is 2.46. The van der Waals surface area contributed by atoms with Crippen molar-refractivity contribution in [2.75, 3.05) is 11.4 Å². The molecule has 1 aliphatic heterocycles. The van der Waals surface area contributed by atoms with Crippen molar-refractivity contribution in [3.63, 3.8) is 0 Å². The molecule has 4 rings (SSSR count). The topological polar surface area (TPSA) is 21.1 Å². The molecule has 1 aliphatic rings. The van der Waals surface area contributed by atoms with Crippen molar-refractivity contribution in [1.82, 2.24) is 9.55 Å². The van der Waals surface area contributed by atoms with Crippen LogP contribution in [0.25, 0.3) is 10.9 Å². The fourth-order valence-electron chi connectivity index (χ4n) is 4.57. The third-order valence-corrected chi connectivity index (χ3v) is 6.12. The minimum absolute atomic E-state index is 0.188. The van der Waals surface area contributed by atoms with E-state index in [-0.39, 0.29) is 24.3 Å². The summed E-state index contributed by atoms with van der Waals surface area (Å²) in [6, 6.07) is 3.95. The van der Waals surface area contributed by atoms with E-state index in [9.17, 15) is 26.3 Å². The van der Waals surface area contributed by atoms with Gasteiger partial charge in [0.1, 0.15) is 5.82 Å². The standard InChI is InChI=1S/C23H23F6N3/c1-4-16(5-2)32-12-14-8-9-31(21-20(14)19(32)10-13(3)30-21)18-7-6-15(22(24,25)26)11-17(18)23(27,28)29/h6-7,10-12,16H,4-5,8-9H2,1-3H3. The largest absolute Gasteiger partial charge is 0.418 e. The number of rotatable bonds is 4. The third-order valence-electron chi connectivity index (χ3n) is 6.12. The molecular formula is C23H23F6N3. The van der Waals surface area contributed by atoms with Gasteiger partial charge in [-0.15, -0.1) is 0 Å². The maximum Gasteiger partial charge on any atom is 0.418 e. The molecule has 0 amide bonds. The van der Waals surface area contributed by atoms with E-state index in [1.54, 1.807) is 6.92 Å². The zero-order valence-corrected chi connectivity index (χ0v) is 17.9. The molecule has 172 valence electrons. The summed E-state index contributed by atoms with van der Waals surface area (Å²) in [5, 5.41) is 0.766. The molecular weight excluding hydrogens is 432 g/mol. The van der Waals surface area contributed by atoms with E-state index in [2.05, 4.69) is 23.4 Å². The summed E-state index contributed by atoms with van der Waals surface area (Å²) in [5.74, 6) is 0.358. The van der Waals surface area contributed by atoms with Gasteiger partial charge in [0.25, 0.3) is 0 Å². The van der Waals surface area contributed by atoms with Crippen molar-refractivity contribution < 1.29 is 26.3 Å². The number of pyridine rings is 1. The second-order valence-electron chi connectivity index (χ2n) is 8.14. The van der Waals surface area contributed by atoms with Crippen LogP contribution in [0.2, 0.25) is 0 Å². The smallest absolute Gasteiger partial charge is 0.344 e. The van der Waals surface area contributed by atoms with Gasteiger partial charge in [0.2, 0.25) is 0 Å². The van der Waals surface area contributed by atoms with Gasteiger partial charge in [-0.3, -0.25) is 0 Å². The molecule has 0 spiro atoms. The van der Waals surface area contributed by atoms with Crippen LogP contribution >= 0.6 is 0 Å². The predicted octanol–water partition coefficient (Wildman–Crippen LogP) is 7.44. The van der Waals surface area contributed by atoms with E-state index in [4.69, 9.17) is 0 Å². The van der Waals surface area contributed by atoms with Crippen LogP contribution in [-0.2, 0) is 18.8 Å². The Kier molecular flexibility index (Phi) is 5.41. The van der Waals surface area contributed by atoms with Gasteiger partial charge in [-0.2, -0.15) is 26.3 Å². The Balaban J connectivity index is 1.94. The Morgan fingerprint density at radius 2 is 1.69 bits per heavy atom. The Morgan fingerprint density at radius 3 is 2.28 bits per heavy atom. The van der Waals surface area contributed by atoms with Crippen LogP contribution in [0.15, 0.2) is 30.5 Å². The van der Waals surface area contributed by atoms with Crippen LogP contribution in [0.1, 0.15) is 55.1 Å². The molecule has 0 radical (unpaired) electrons. The lowest BCUT2D eigenvalue weighted by Crippen LogP contribution is -2.27. The number of halogens is 6. The van der Waals surface area contributed by atoms with Gasteiger partial charge in [-0.25, -0.2) is 4.98 Å². The van der Waals surface area contributed by atoms with Gasteiger partial charge < -0.3 is 9.47 Å². The number of anilines is 2. The molecule has 1 aromatic carbocycles. The molecule has 0 saturated carbocycles. The molecule has 0 fully saturated rings. The molecule has 0 aliphatic carbocycles. The van der Waals surface area contributed by atoms with Crippen molar-refractivity contribution in [2.24, 2.45) is 0 Å². The van der Waals surface area contributed by atoms with E-state index in [0.29, 0.717) is 24.0 Å². The number of alkyl halides is 6. The molecule has 3 aromatic rings. The lowest BCUT2D eigenvalue weighted by Gasteiger charge is -2.31. The van der Waals surface area contributed by atoms with E-state index in [1.165, 1.54) is 4.90 Å². The first-order chi connectivity index (χ1) is 15.0. The second-order valence-corrected chi connectivity index (χ2v) is 8.14. The number of aryl methyl sites for hydroxylation is 1. The first-order valence-corrected chi connectivity index (χ1v) is 10.5. The Bertz CT molecular complexity index is 1160. The van der Waals surface area contributed by atoms with Gasteiger partial charge in [0.15, 0.2) is 0 Å². The normalized spacial score (nSPS) is 14.6. The van der Waals surface area contributed by atoms with E-state index < -0.39 is 23.5 Å². The summed E-state index contributed by atoms with van der Waals surface area (Å²) in [6.07, 6.45) is -5.49. The zero-order chi connectivity index (χ0) is 23.4. The number of nitrogens with zero attached hydrogens (tertiary/aromatic N) is 3. The van der Waals surface area contributed by atoms with Crippen LogP contribution in [0.4, 0.5) is 37.8 Å². The Hall–Kier alpha value is -2.71. The third kappa shape index (κ3) is 3.71. The molecule has 3 heterocycles. The molecule has 2 aromatic heterocycles. The Labute approximate surface area is 181 Å². The summed E-state index contributed by atoms with van der Waals surface area (Å²) >= 11 is 0. The molecule has 9 heteroatoms. The maximum absolute atomic E-state index is 13.8. The average Bonchev–Trinajstić information content (AvgIpc) is 3.07. The van der Waals surface area contributed by atoms with Crippen LogP contribution in [0.3, 0.4) is 0 Å². The van der Waals surface area contributed by atoms with Gasteiger partial charge >= 0.3 is 12.4 Å². The summed E-state index contributed by atoms with van der Waals surface area (Å²) in [4.78, 5) is 5.94. The van der Waals surface area contributed by atoms with Crippen molar-refractivity contribution in [1.29, 1.82) is 0 Å². The predicted molar refractivity (Wildman–Crippen MR) is 111 cm³/mol. The number of hydrogen-bond donors (Lipinski definition) is 0. The molecule has 0 atom stereocenters. The second kappa shape index (κ2) is 7.71. The fraction of sp³-hybridized carbons (Fsp3) is 0.435. The van der Waals surface area contributed by atoms with Crippen LogP contribution in [0, 0.1) is 6.92 Å². The van der Waals surface area contributed by atoms with Gasteiger partial charge in [0.05, 0.1) is 22.3 Å². The minimum atomic E-state index is -4.94. The summed E-state index contributed by atoms with van der Waals surface area (Å²) < 4.78 is 83.0. The molecule has 0 saturated heterocycles. The quantitative estimate of drug-likeness (QED) is 0.381. The highest BCUT2D eigenvalue weighted by Gasteiger charge is 2.40. The van der Waals surface area contributed by atoms with E-state index in [1.807, 2.05) is 12.3 Å². The van der Waals surface area contributed by atoms with Crippen LogP contribution in [-0.4, -0.2) is 16.1 Å². The number of hydrogen-bond acceptors (Lipinski definition) is 2. The highest BCUT2D eigenvalue weighted by molar-refractivity contribution is 5.97. The molecule has 0 bridgehead atoms. The summed E-state index contributed by atoms with van der Waals surface area (Å²) in [6.45, 7) is 6.13. The number of benzene rings is 1. The maximum atomic E-state index is 13.8. The lowest BCUT2D eigenvalue weighted by molar-refractivity contribution is -0.142.